The summed E-state index contributed by atoms with van der Waals surface area (Å²) in [5.41, 5.74) is 0.976. The predicted molar refractivity (Wildman–Crippen MR) is 172 cm³/mol. The van der Waals surface area contributed by atoms with Crippen molar-refractivity contribution in [2.45, 2.75) is 70.5 Å². The number of benzene rings is 2. The summed E-state index contributed by atoms with van der Waals surface area (Å²) in [6.07, 6.45) is 4.25. The van der Waals surface area contributed by atoms with Gasteiger partial charge in [0.15, 0.2) is 5.78 Å². The largest absolute Gasteiger partial charge is 0.467 e. The first kappa shape index (κ1) is 36.2. The van der Waals surface area contributed by atoms with Gasteiger partial charge in [-0.3, -0.25) is 14.4 Å². The van der Waals surface area contributed by atoms with Crippen molar-refractivity contribution < 1.29 is 33.1 Å². The molecule has 4 amide bonds. The number of halogens is 2. The van der Waals surface area contributed by atoms with E-state index in [9.17, 15) is 28.4 Å². The number of amides is 4. The minimum absolute atomic E-state index is 0.0511. The van der Waals surface area contributed by atoms with Crippen molar-refractivity contribution in [3.05, 3.63) is 82.6 Å². The molecule has 1 aliphatic heterocycles. The second kappa shape index (κ2) is 18.0. The van der Waals surface area contributed by atoms with E-state index >= 15 is 0 Å². The zero-order valence-electron chi connectivity index (χ0n) is 26.3. The van der Waals surface area contributed by atoms with Crippen LogP contribution in [-0.4, -0.2) is 61.4 Å². The summed E-state index contributed by atoms with van der Waals surface area (Å²) in [5, 5.41) is 11.4. The molecule has 3 rings (SSSR count). The van der Waals surface area contributed by atoms with Crippen LogP contribution >= 0.6 is 11.6 Å². The Kier molecular flexibility index (Phi) is 14.2. The summed E-state index contributed by atoms with van der Waals surface area (Å²) < 4.78 is 19.3. The first-order chi connectivity index (χ1) is 22.0. The molecule has 248 valence electrons. The predicted octanol–water partition coefficient (Wildman–Crippen LogP) is 4.05. The van der Waals surface area contributed by atoms with Gasteiger partial charge in [-0.1, -0.05) is 74.3 Å². The number of rotatable bonds is 11. The molecule has 46 heavy (non-hydrogen) atoms. The van der Waals surface area contributed by atoms with Crippen molar-refractivity contribution in [2.75, 3.05) is 13.7 Å². The molecule has 12 heteroatoms. The van der Waals surface area contributed by atoms with Gasteiger partial charge in [0.1, 0.15) is 11.9 Å². The van der Waals surface area contributed by atoms with Gasteiger partial charge < -0.3 is 26.0 Å². The molecule has 0 aliphatic carbocycles. The SMILES string of the molecule is COC(=O)[C@@H](NC(=O)N[C@@H](Cc1ccccc1Cl)C(=O)C[C@H]1CCCCNC(=O)/C=C/[C@H](Cc2ccccc2F)NC1=O)C(C)C. The summed E-state index contributed by atoms with van der Waals surface area (Å²) in [6.45, 7) is 3.88. The highest BCUT2D eigenvalue weighted by atomic mass is 35.5. The lowest BCUT2D eigenvalue weighted by Gasteiger charge is -2.25. The van der Waals surface area contributed by atoms with Gasteiger partial charge >= 0.3 is 12.0 Å². The molecule has 1 aliphatic rings. The molecule has 0 aromatic heterocycles. The molecule has 0 saturated heterocycles. The lowest BCUT2D eigenvalue weighted by molar-refractivity contribution is -0.144. The van der Waals surface area contributed by atoms with Crippen molar-refractivity contribution in [2.24, 2.45) is 11.8 Å². The molecule has 4 atom stereocenters. The van der Waals surface area contributed by atoms with E-state index in [0.29, 0.717) is 42.0 Å². The number of carbonyl (C=O) groups is 5. The van der Waals surface area contributed by atoms with Gasteiger partial charge in [-0.05, 0) is 48.4 Å². The summed E-state index contributed by atoms with van der Waals surface area (Å²) >= 11 is 6.39. The Labute approximate surface area is 273 Å². The summed E-state index contributed by atoms with van der Waals surface area (Å²) in [5.74, 6) is -3.27. The van der Waals surface area contributed by atoms with Crippen LogP contribution in [0.2, 0.25) is 5.02 Å². The molecule has 10 nitrogen and oxygen atoms in total. The maximum absolute atomic E-state index is 14.5. The molecule has 2 aromatic carbocycles. The van der Waals surface area contributed by atoms with Gasteiger partial charge in [0.25, 0.3) is 0 Å². The normalized spacial score (nSPS) is 19.3. The second-order valence-corrected chi connectivity index (χ2v) is 12.0. The van der Waals surface area contributed by atoms with E-state index in [-0.39, 0.29) is 31.1 Å². The quantitative estimate of drug-likeness (QED) is 0.269. The summed E-state index contributed by atoms with van der Waals surface area (Å²) in [7, 11) is 1.22. The third-order valence-corrected chi connectivity index (χ3v) is 8.16. The molecular weight excluding hydrogens is 615 g/mol. The highest BCUT2D eigenvalue weighted by Crippen LogP contribution is 2.21. The van der Waals surface area contributed by atoms with Crippen LogP contribution in [0, 0.1) is 17.7 Å². The first-order valence-electron chi connectivity index (χ1n) is 15.4. The molecule has 0 radical (unpaired) electrons. The summed E-state index contributed by atoms with van der Waals surface area (Å²) in [6, 6.07) is 9.60. The molecule has 0 bridgehead atoms. The molecule has 2 aromatic rings. The fourth-order valence-electron chi connectivity index (χ4n) is 5.16. The Morgan fingerprint density at radius 1 is 1.02 bits per heavy atom. The molecule has 1 heterocycles. The van der Waals surface area contributed by atoms with E-state index < -0.39 is 53.6 Å². The highest BCUT2D eigenvalue weighted by molar-refractivity contribution is 6.31. The van der Waals surface area contributed by atoms with Gasteiger partial charge in [0.2, 0.25) is 11.8 Å². The van der Waals surface area contributed by atoms with Crippen molar-refractivity contribution in [3.63, 3.8) is 0 Å². The van der Waals surface area contributed by atoms with Crippen molar-refractivity contribution in [3.8, 4) is 0 Å². The Morgan fingerprint density at radius 3 is 2.39 bits per heavy atom. The minimum atomic E-state index is -1.08. The van der Waals surface area contributed by atoms with Gasteiger partial charge in [-0.2, -0.15) is 0 Å². The standard InChI is InChI=1S/C34H42ClFN4O6/c1-21(2)31(33(44)46-3)40-34(45)39-28(19-22-10-4-6-13-26(22)35)29(41)20-24-12-8-9-17-37-30(42)16-15-25(38-32(24)43)18-23-11-5-7-14-27(23)36/h4-7,10-11,13-16,21,24-25,28,31H,8-9,12,17-20H2,1-3H3,(H,37,42)(H,38,43)(H2,39,40,45)/b16-15+/t24-,25-,28+,31+/m1/s1. The number of hydrogen-bond donors (Lipinski definition) is 4. The van der Waals surface area contributed by atoms with E-state index in [2.05, 4.69) is 21.3 Å². The Morgan fingerprint density at radius 2 is 1.72 bits per heavy atom. The first-order valence-corrected chi connectivity index (χ1v) is 15.8. The van der Waals surface area contributed by atoms with Crippen molar-refractivity contribution >= 4 is 41.2 Å². The van der Waals surface area contributed by atoms with E-state index in [0.717, 1.165) is 0 Å². The number of ketones is 1. The number of methoxy groups -OCH3 is 1. The fourth-order valence-corrected chi connectivity index (χ4v) is 5.38. The minimum Gasteiger partial charge on any atom is -0.467 e. The summed E-state index contributed by atoms with van der Waals surface area (Å²) in [4.78, 5) is 65.1. The number of hydrogen-bond acceptors (Lipinski definition) is 6. The highest BCUT2D eigenvalue weighted by Gasteiger charge is 2.31. The molecule has 0 unspecified atom stereocenters. The number of carbonyl (C=O) groups excluding carboxylic acids is 5. The number of Topliss-reactive ketones (excluding diaryl/α,β-unsaturated/α-hetero) is 1. The second-order valence-electron chi connectivity index (χ2n) is 11.6. The van der Waals surface area contributed by atoms with Crippen LogP contribution in [0.15, 0.2) is 60.7 Å². The smallest absolute Gasteiger partial charge is 0.328 e. The van der Waals surface area contributed by atoms with Crippen LogP contribution in [0.25, 0.3) is 0 Å². The molecule has 0 saturated carbocycles. The van der Waals surface area contributed by atoms with Gasteiger partial charge in [0, 0.05) is 36.4 Å². The van der Waals surface area contributed by atoms with E-state index in [1.165, 1.54) is 25.3 Å². The van der Waals surface area contributed by atoms with E-state index in [1.807, 2.05) is 0 Å². The maximum atomic E-state index is 14.5. The Hall–Kier alpha value is -4.25. The molecule has 0 spiro atoms. The number of urea groups is 1. The van der Waals surface area contributed by atoms with Gasteiger partial charge in [0.05, 0.1) is 19.2 Å². The van der Waals surface area contributed by atoms with Crippen LogP contribution in [0.5, 0.6) is 0 Å². The van der Waals surface area contributed by atoms with E-state index in [1.54, 1.807) is 56.3 Å². The Balaban J connectivity index is 1.84. The maximum Gasteiger partial charge on any atom is 0.328 e. The lowest BCUT2D eigenvalue weighted by Crippen LogP contribution is -2.53. The fraction of sp³-hybridized carbons (Fsp3) is 0.441. The number of nitrogens with one attached hydrogen (secondary N) is 4. The van der Waals surface area contributed by atoms with Gasteiger partial charge in [-0.25, -0.2) is 14.0 Å². The van der Waals surface area contributed by atoms with E-state index in [4.69, 9.17) is 16.3 Å². The van der Waals surface area contributed by atoms with Crippen LogP contribution in [0.3, 0.4) is 0 Å². The number of ether oxygens (including phenoxy) is 1. The lowest BCUT2D eigenvalue weighted by atomic mass is 9.90. The van der Waals surface area contributed by atoms with Crippen LogP contribution in [0.4, 0.5) is 9.18 Å². The average molecular weight is 657 g/mol. The third-order valence-electron chi connectivity index (χ3n) is 7.79. The zero-order chi connectivity index (χ0) is 33.6. The van der Waals surface area contributed by atoms with Crippen molar-refractivity contribution in [1.29, 1.82) is 0 Å². The molecule has 0 fully saturated rings. The van der Waals surface area contributed by atoms with Crippen molar-refractivity contribution in [1.82, 2.24) is 21.3 Å². The average Bonchev–Trinajstić information content (AvgIpc) is 3.02. The van der Waals surface area contributed by atoms with Gasteiger partial charge in [-0.15, -0.1) is 0 Å². The monoisotopic (exact) mass is 656 g/mol. The topological polar surface area (TPSA) is 143 Å². The third kappa shape index (κ3) is 11.3. The molecule has 4 N–H and O–H groups in total. The van der Waals surface area contributed by atoms with Crippen LogP contribution < -0.4 is 21.3 Å². The molecular formula is C34H42ClFN4O6. The zero-order valence-corrected chi connectivity index (χ0v) is 27.1. The van der Waals surface area contributed by atoms with Crippen LogP contribution in [0.1, 0.15) is 50.7 Å². The Bertz CT molecular complexity index is 1420. The van der Waals surface area contributed by atoms with Crippen LogP contribution in [-0.2, 0) is 36.8 Å². The number of esters is 1.